The smallest absolute Gasteiger partial charge is 0.270 e. The van der Waals surface area contributed by atoms with Crippen LogP contribution in [0.3, 0.4) is 0 Å². The summed E-state index contributed by atoms with van der Waals surface area (Å²) >= 11 is 1.20. The van der Waals surface area contributed by atoms with Crippen LogP contribution in [0.25, 0.3) is 5.69 Å². The van der Waals surface area contributed by atoms with Gasteiger partial charge in [-0.2, -0.15) is 4.68 Å². The molecule has 1 N–H and O–H groups in total. The molecule has 0 unspecified atom stereocenters. The normalized spacial score (nSPS) is 15.0. The Kier molecular flexibility index (Phi) is 7.10. The van der Waals surface area contributed by atoms with Crippen LogP contribution >= 0.6 is 11.8 Å². The van der Waals surface area contributed by atoms with E-state index in [-0.39, 0.29) is 23.2 Å². The van der Waals surface area contributed by atoms with Gasteiger partial charge in [-0.15, -0.1) is 5.10 Å². The Hall–Kier alpha value is -3.27. The largest absolute Gasteiger partial charge is 0.349 e. The number of nitrogens with zero attached hydrogens (tertiary/aromatic N) is 5. The van der Waals surface area contributed by atoms with Crippen LogP contribution in [-0.2, 0) is 0 Å². The second-order valence-electron chi connectivity index (χ2n) is 7.76. The molecule has 0 spiro atoms. The van der Waals surface area contributed by atoms with E-state index >= 15 is 0 Å². The number of carbonyl (C=O) groups excluding carboxylic acids is 1. The standard InChI is InChI=1S/C22H24N6O3S/c29-21(23-16-9-5-2-1-3-6-10-16)19-15-18(28(30)31)13-14-20(19)32-22-24-25-26-27(22)17-11-7-4-8-12-17/h4,7-8,11-16H,1-3,5-6,9-10H2,(H,23,29). The highest BCUT2D eigenvalue weighted by Gasteiger charge is 2.22. The highest BCUT2D eigenvalue weighted by atomic mass is 32.2. The molecule has 0 radical (unpaired) electrons. The molecule has 1 fully saturated rings. The van der Waals surface area contributed by atoms with Crippen molar-refractivity contribution >= 4 is 23.4 Å². The summed E-state index contributed by atoms with van der Waals surface area (Å²) in [5, 5.41) is 26.8. The summed E-state index contributed by atoms with van der Waals surface area (Å²) in [6.45, 7) is 0. The van der Waals surface area contributed by atoms with Crippen molar-refractivity contribution in [3.05, 3.63) is 64.2 Å². The Morgan fingerprint density at radius 3 is 2.50 bits per heavy atom. The summed E-state index contributed by atoms with van der Waals surface area (Å²) < 4.78 is 1.57. The number of nitro benzene ring substituents is 1. The molecule has 10 heteroatoms. The summed E-state index contributed by atoms with van der Waals surface area (Å²) in [6.07, 6.45) is 7.59. The topological polar surface area (TPSA) is 116 Å². The third kappa shape index (κ3) is 5.31. The van der Waals surface area contributed by atoms with Crippen molar-refractivity contribution < 1.29 is 9.72 Å². The van der Waals surface area contributed by atoms with Crippen molar-refractivity contribution in [3.8, 4) is 5.69 Å². The lowest BCUT2D eigenvalue weighted by molar-refractivity contribution is -0.384. The molecule has 0 bridgehead atoms. The molecule has 32 heavy (non-hydrogen) atoms. The number of non-ortho nitro benzene ring substituents is 1. The van der Waals surface area contributed by atoms with Gasteiger partial charge in [-0.25, -0.2) is 0 Å². The minimum atomic E-state index is -0.491. The Labute approximate surface area is 189 Å². The molecule has 4 rings (SSSR count). The van der Waals surface area contributed by atoms with Gasteiger partial charge >= 0.3 is 0 Å². The van der Waals surface area contributed by atoms with Crippen LogP contribution < -0.4 is 5.32 Å². The fraction of sp³-hybridized carbons (Fsp3) is 0.364. The third-order valence-corrected chi connectivity index (χ3v) is 6.51. The molecule has 0 aliphatic heterocycles. The zero-order valence-corrected chi connectivity index (χ0v) is 18.3. The van der Waals surface area contributed by atoms with Gasteiger partial charge in [0.1, 0.15) is 0 Å². The lowest BCUT2D eigenvalue weighted by Gasteiger charge is -2.21. The lowest BCUT2D eigenvalue weighted by atomic mass is 9.96. The molecule has 1 aliphatic carbocycles. The fourth-order valence-electron chi connectivity index (χ4n) is 3.83. The van der Waals surface area contributed by atoms with Gasteiger partial charge in [-0.05, 0) is 53.2 Å². The van der Waals surface area contributed by atoms with E-state index in [1.807, 2.05) is 30.3 Å². The van der Waals surface area contributed by atoms with E-state index in [4.69, 9.17) is 0 Å². The average molecular weight is 453 g/mol. The molecule has 0 atom stereocenters. The van der Waals surface area contributed by atoms with Crippen molar-refractivity contribution in [1.29, 1.82) is 0 Å². The number of para-hydroxylation sites is 1. The molecule has 9 nitrogen and oxygen atoms in total. The summed E-state index contributed by atoms with van der Waals surface area (Å²) in [4.78, 5) is 24.6. The zero-order chi connectivity index (χ0) is 22.3. The van der Waals surface area contributed by atoms with E-state index in [0.717, 1.165) is 31.4 Å². The quantitative estimate of drug-likeness (QED) is 0.430. The van der Waals surface area contributed by atoms with Crippen molar-refractivity contribution in [1.82, 2.24) is 25.5 Å². The number of aromatic nitrogens is 4. The maximum atomic E-state index is 13.2. The van der Waals surface area contributed by atoms with E-state index in [2.05, 4.69) is 20.8 Å². The first-order valence-electron chi connectivity index (χ1n) is 10.7. The van der Waals surface area contributed by atoms with Crippen molar-refractivity contribution in [3.63, 3.8) is 0 Å². The van der Waals surface area contributed by atoms with Gasteiger partial charge in [0.15, 0.2) is 0 Å². The predicted octanol–water partition coefficient (Wildman–Crippen LogP) is 4.56. The van der Waals surface area contributed by atoms with Crippen LogP contribution in [0.4, 0.5) is 5.69 Å². The number of nitrogens with one attached hydrogen (secondary N) is 1. The monoisotopic (exact) mass is 452 g/mol. The number of amides is 1. The van der Waals surface area contributed by atoms with E-state index < -0.39 is 4.92 Å². The van der Waals surface area contributed by atoms with Crippen LogP contribution in [0.2, 0.25) is 0 Å². The number of rotatable bonds is 6. The molecule has 1 amide bonds. The second kappa shape index (κ2) is 10.4. The van der Waals surface area contributed by atoms with Crippen LogP contribution in [0.1, 0.15) is 55.3 Å². The van der Waals surface area contributed by atoms with Crippen molar-refractivity contribution in [2.75, 3.05) is 0 Å². The summed E-state index contributed by atoms with van der Waals surface area (Å²) in [5.41, 5.74) is 0.913. The fourth-order valence-corrected chi connectivity index (χ4v) is 4.73. The van der Waals surface area contributed by atoms with Gasteiger partial charge in [0.2, 0.25) is 5.16 Å². The first kappa shape index (κ1) is 21.9. The maximum absolute atomic E-state index is 13.2. The molecule has 166 valence electrons. The van der Waals surface area contributed by atoms with E-state index in [9.17, 15) is 14.9 Å². The number of hydrogen-bond donors (Lipinski definition) is 1. The molecule has 1 saturated carbocycles. The molecule has 1 aromatic heterocycles. The molecule has 3 aromatic rings. The van der Waals surface area contributed by atoms with E-state index in [1.165, 1.54) is 43.2 Å². The van der Waals surface area contributed by atoms with Crippen LogP contribution in [0, 0.1) is 10.1 Å². The highest BCUT2D eigenvalue weighted by molar-refractivity contribution is 7.99. The minimum Gasteiger partial charge on any atom is -0.349 e. The Balaban J connectivity index is 1.61. The lowest BCUT2D eigenvalue weighted by Crippen LogP contribution is -2.35. The molecule has 2 aromatic carbocycles. The SMILES string of the molecule is O=C(NC1CCCCCCC1)c1cc([N+](=O)[O-])ccc1Sc1nnnn1-c1ccccc1. The highest BCUT2D eigenvalue weighted by Crippen LogP contribution is 2.32. The first-order chi connectivity index (χ1) is 15.6. The summed E-state index contributed by atoms with van der Waals surface area (Å²) in [6, 6.07) is 13.8. The van der Waals surface area contributed by atoms with Gasteiger partial charge in [0.25, 0.3) is 11.6 Å². The maximum Gasteiger partial charge on any atom is 0.270 e. The van der Waals surface area contributed by atoms with Crippen molar-refractivity contribution in [2.24, 2.45) is 0 Å². The van der Waals surface area contributed by atoms with Gasteiger partial charge < -0.3 is 5.32 Å². The molecular formula is C22H24N6O3S. The van der Waals surface area contributed by atoms with Gasteiger partial charge in [0.05, 0.1) is 16.2 Å². The van der Waals surface area contributed by atoms with Crippen LogP contribution in [-0.4, -0.2) is 37.1 Å². The Morgan fingerprint density at radius 2 is 1.78 bits per heavy atom. The Morgan fingerprint density at radius 1 is 1.06 bits per heavy atom. The zero-order valence-electron chi connectivity index (χ0n) is 17.5. The molecular weight excluding hydrogens is 428 g/mol. The van der Waals surface area contributed by atoms with E-state index in [1.54, 1.807) is 10.7 Å². The molecule has 1 heterocycles. The van der Waals surface area contributed by atoms with Crippen LogP contribution in [0.5, 0.6) is 0 Å². The third-order valence-electron chi connectivity index (χ3n) is 5.50. The van der Waals surface area contributed by atoms with Crippen molar-refractivity contribution in [2.45, 2.75) is 61.0 Å². The number of hydrogen-bond acceptors (Lipinski definition) is 7. The minimum absolute atomic E-state index is 0.0783. The average Bonchev–Trinajstić information content (AvgIpc) is 3.24. The first-order valence-corrected chi connectivity index (χ1v) is 11.5. The second-order valence-corrected chi connectivity index (χ2v) is 8.77. The molecule has 1 aliphatic rings. The Bertz CT molecular complexity index is 1080. The summed E-state index contributed by atoms with van der Waals surface area (Å²) in [5.74, 6) is -0.305. The number of tetrazole rings is 1. The number of carbonyl (C=O) groups is 1. The van der Waals surface area contributed by atoms with E-state index in [0.29, 0.717) is 10.1 Å². The van der Waals surface area contributed by atoms with Gasteiger partial charge in [-0.1, -0.05) is 50.3 Å². The van der Waals surface area contributed by atoms with Gasteiger partial charge in [0, 0.05) is 23.1 Å². The molecule has 0 saturated heterocycles. The predicted molar refractivity (Wildman–Crippen MR) is 120 cm³/mol. The van der Waals surface area contributed by atoms with Gasteiger partial charge in [-0.3, -0.25) is 14.9 Å². The summed E-state index contributed by atoms with van der Waals surface area (Å²) in [7, 11) is 0. The van der Waals surface area contributed by atoms with Crippen LogP contribution in [0.15, 0.2) is 58.6 Å². The number of nitro groups is 1. The number of benzene rings is 2.